The fraction of sp³-hybridized carbons (Fsp3) is 0.923. The molecule has 16 heavy (non-hydrogen) atoms. The van der Waals surface area contributed by atoms with Crippen molar-refractivity contribution in [1.82, 2.24) is 5.32 Å². The summed E-state index contributed by atoms with van der Waals surface area (Å²) in [6, 6.07) is 0. The number of nitrogens with one attached hydrogen (secondary N) is 2. The molecule has 0 radical (unpaired) electrons. The Morgan fingerprint density at radius 2 is 1.69 bits per heavy atom. The minimum Gasteiger partial charge on any atom is -0.388 e. The molecule has 0 amide bonds. The fourth-order valence-electron chi connectivity index (χ4n) is 1.72. The topological polar surface area (TPSA) is 61.9 Å². The molecule has 1 saturated heterocycles. The van der Waals surface area contributed by atoms with Crippen molar-refractivity contribution in [3.05, 3.63) is 0 Å². The van der Waals surface area contributed by atoms with Crippen molar-refractivity contribution in [2.75, 3.05) is 13.1 Å². The molecule has 0 saturated carbocycles. The van der Waals surface area contributed by atoms with E-state index in [1.807, 2.05) is 0 Å². The molecule has 1 aliphatic heterocycles. The van der Waals surface area contributed by atoms with E-state index in [9.17, 15) is 0 Å². The number of unbranched alkanes of at least 4 members (excludes halogenated alkanes) is 4. The molecule has 0 spiro atoms. The predicted molar refractivity (Wildman–Crippen MR) is 72.0 cm³/mol. The van der Waals surface area contributed by atoms with Crippen LogP contribution in [0.4, 0.5) is 0 Å². The van der Waals surface area contributed by atoms with E-state index in [2.05, 4.69) is 12.2 Å². The molecule has 0 atom stereocenters. The Balaban J connectivity index is 0.000000315. The normalized spacial score (nSPS) is 15.1. The van der Waals surface area contributed by atoms with E-state index >= 15 is 0 Å². The van der Waals surface area contributed by atoms with Crippen molar-refractivity contribution in [2.45, 2.75) is 64.7 Å². The Labute approximate surface area is 101 Å². The van der Waals surface area contributed by atoms with E-state index in [-0.39, 0.29) is 0 Å². The van der Waals surface area contributed by atoms with Gasteiger partial charge in [0.25, 0.3) is 0 Å². The third-order valence-electron chi connectivity index (χ3n) is 2.76. The van der Waals surface area contributed by atoms with E-state index in [1.54, 1.807) is 0 Å². The van der Waals surface area contributed by atoms with E-state index in [1.165, 1.54) is 58.0 Å². The summed E-state index contributed by atoms with van der Waals surface area (Å²) < 4.78 is 0. The zero-order valence-corrected chi connectivity index (χ0v) is 10.9. The molecule has 1 heterocycles. The third kappa shape index (κ3) is 13.4. The Hall–Kier alpha value is -0.570. The van der Waals surface area contributed by atoms with Crippen LogP contribution in [-0.2, 0) is 0 Å². The SMILES string of the molecule is C1CCNCC1.CCCCCCCC(=N)N. The van der Waals surface area contributed by atoms with Crippen molar-refractivity contribution in [2.24, 2.45) is 5.73 Å². The lowest BCUT2D eigenvalue weighted by atomic mass is 10.1. The monoisotopic (exact) mass is 227 g/mol. The van der Waals surface area contributed by atoms with Gasteiger partial charge in [0.05, 0.1) is 5.84 Å². The Morgan fingerprint density at radius 1 is 1.06 bits per heavy atom. The van der Waals surface area contributed by atoms with Gasteiger partial charge in [0.2, 0.25) is 0 Å². The molecule has 0 aromatic heterocycles. The van der Waals surface area contributed by atoms with Crippen LogP contribution in [0, 0.1) is 5.41 Å². The summed E-state index contributed by atoms with van der Waals surface area (Å²) in [6.07, 6.45) is 11.2. The van der Waals surface area contributed by atoms with Gasteiger partial charge in [-0.15, -0.1) is 0 Å². The smallest absolute Gasteiger partial charge is 0.0905 e. The lowest BCUT2D eigenvalue weighted by Gasteiger charge is -2.08. The summed E-state index contributed by atoms with van der Waals surface area (Å²) in [4.78, 5) is 0. The fourth-order valence-corrected chi connectivity index (χ4v) is 1.72. The zero-order valence-electron chi connectivity index (χ0n) is 10.9. The minimum absolute atomic E-state index is 0.330. The van der Waals surface area contributed by atoms with Crippen LogP contribution in [0.2, 0.25) is 0 Å². The van der Waals surface area contributed by atoms with Gasteiger partial charge in [0.15, 0.2) is 0 Å². The van der Waals surface area contributed by atoms with Crippen molar-refractivity contribution in [3.8, 4) is 0 Å². The molecule has 0 aromatic carbocycles. The number of nitrogens with two attached hydrogens (primary N) is 1. The summed E-state index contributed by atoms with van der Waals surface area (Å²) in [7, 11) is 0. The number of rotatable bonds is 6. The first-order valence-corrected chi connectivity index (χ1v) is 6.81. The van der Waals surface area contributed by atoms with Crippen molar-refractivity contribution < 1.29 is 0 Å². The highest BCUT2D eigenvalue weighted by molar-refractivity contribution is 5.76. The van der Waals surface area contributed by atoms with Crippen LogP contribution < -0.4 is 11.1 Å². The molecule has 3 nitrogen and oxygen atoms in total. The van der Waals surface area contributed by atoms with Crippen molar-refractivity contribution >= 4 is 5.84 Å². The van der Waals surface area contributed by atoms with E-state index < -0.39 is 0 Å². The molecule has 1 fully saturated rings. The molecular weight excluding hydrogens is 198 g/mol. The van der Waals surface area contributed by atoms with Gasteiger partial charge >= 0.3 is 0 Å². The predicted octanol–water partition coefficient (Wildman–Crippen LogP) is 3.04. The molecule has 0 aliphatic carbocycles. The summed E-state index contributed by atoms with van der Waals surface area (Å²) in [5.74, 6) is 0.330. The highest BCUT2D eigenvalue weighted by Crippen LogP contribution is 2.03. The highest BCUT2D eigenvalue weighted by Gasteiger charge is 1.93. The summed E-state index contributed by atoms with van der Waals surface area (Å²) >= 11 is 0. The number of hydrogen-bond donors (Lipinski definition) is 3. The second kappa shape index (κ2) is 12.5. The Bertz CT molecular complexity index is 142. The maximum Gasteiger partial charge on any atom is 0.0905 e. The summed E-state index contributed by atoms with van der Waals surface area (Å²) in [6.45, 7) is 4.70. The zero-order chi connectivity index (χ0) is 12.1. The molecular formula is C13H29N3. The molecule has 0 unspecified atom stereocenters. The minimum atomic E-state index is 0.330. The standard InChI is InChI=1S/C8H18N2.C5H11N/c1-2-3-4-5-6-7-8(9)10;1-2-4-6-5-3-1/h2-7H2,1H3,(H3,9,10);6H,1-5H2. The number of piperidine rings is 1. The summed E-state index contributed by atoms with van der Waals surface area (Å²) in [5.41, 5.74) is 5.19. The van der Waals surface area contributed by atoms with Crippen LogP contribution >= 0.6 is 0 Å². The third-order valence-corrected chi connectivity index (χ3v) is 2.76. The molecule has 3 heteroatoms. The van der Waals surface area contributed by atoms with E-state index in [0.717, 1.165) is 12.8 Å². The first-order valence-electron chi connectivity index (χ1n) is 6.81. The molecule has 96 valence electrons. The molecule has 4 N–H and O–H groups in total. The average Bonchev–Trinajstić information content (AvgIpc) is 2.31. The average molecular weight is 227 g/mol. The molecule has 0 bridgehead atoms. The van der Waals surface area contributed by atoms with Gasteiger partial charge in [-0.3, -0.25) is 5.41 Å². The maximum atomic E-state index is 6.95. The van der Waals surface area contributed by atoms with E-state index in [4.69, 9.17) is 11.1 Å². The largest absolute Gasteiger partial charge is 0.388 e. The lowest BCUT2D eigenvalue weighted by Crippen LogP contribution is -2.21. The molecule has 1 rings (SSSR count). The van der Waals surface area contributed by atoms with Gasteiger partial charge in [0, 0.05) is 6.42 Å². The lowest BCUT2D eigenvalue weighted by molar-refractivity contribution is 0.520. The number of amidine groups is 1. The van der Waals surface area contributed by atoms with Crippen molar-refractivity contribution in [3.63, 3.8) is 0 Å². The van der Waals surface area contributed by atoms with Crippen molar-refractivity contribution in [1.29, 1.82) is 5.41 Å². The van der Waals surface area contributed by atoms with Crippen LogP contribution in [-0.4, -0.2) is 18.9 Å². The van der Waals surface area contributed by atoms with Crippen LogP contribution in [0.15, 0.2) is 0 Å². The first kappa shape index (κ1) is 15.4. The highest BCUT2D eigenvalue weighted by atomic mass is 14.9. The molecule has 0 aromatic rings. The van der Waals surface area contributed by atoms with Crippen LogP contribution in [0.25, 0.3) is 0 Å². The second-order valence-electron chi connectivity index (χ2n) is 4.50. The van der Waals surface area contributed by atoms with Gasteiger partial charge in [-0.1, -0.05) is 39.0 Å². The molecule has 1 aliphatic rings. The van der Waals surface area contributed by atoms with Crippen LogP contribution in [0.3, 0.4) is 0 Å². The van der Waals surface area contributed by atoms with Gasteiger partial charge in [-0.2, -0.15) is 0 Å². The van der Waals surface area contributed by atoms with Gasteiger partial charge in [0.1, 0.15) is 0 Å². The van der Waals surface area contributed by atoms with Gasteiger partial charge < -0.3 is 11.1 Å². The van der Waals surface area contributed by atoms with Gasteiger partial charge in [-0.05, 0) is 32.4 Å². The summed E-state index contributed by atoms with van der Waals surface area (Å²) in [5, 5.41) is 10.2. The quantitative estimate of drug-likeness (QED) is 0.371. The first-order chi connectivity index (χ1) is 7.77. The van der Waals surface area contributed by atoms with Crippen LogP contribution in [0.1, 0.15) is 64.7 Å². The van der Waals surface area contributed by atoms with E-state index in [0.29, 0.717) is 5.84 Å². The Morgan fingerprint density at radius 3 is 2.06 bits per heavy atom. The van der Waals surface area contributed by atoms with Gasteiger partial charge in [-0.25, -0.2) is 0 Å². The second-order valence-corrected chi connectivity index (χ2v) is 4.50. The maximum absolute atomic E-state index is 6.95. The Kier molecular flexibility index (Phi) is 12.1. The number of hydrogen-bond acceptors (Lipinski definition) is 2. The van der Waals surface area contributed by atoms with Crippen LogP contribution in [0.5, 0.6) is 0 Å².